The zero-order valence-electron chi connectivity index (χ0n) is 16.5. The molecule has 1 aromatic rings. The first kappa shape index (κ1) is 21.0. The average Bonchev–Trinajstić information content (AvgIpc) is 2.56. The van der Waals surface area contributed by atoms with Crippen molar-refractivity contribution in [3.63, 3.8) is 0 Å². The molecule has 27 heavy (non-hydrogen) atoms. The minimum Gasteiger partial charge on any atom is -0.445 e. The largest absolute Gasteiger partial charge is 0.445 e. The van der Waals surface area contributed by atoms with Crippen molar-refractivity contribution in [1.82, 2.24) is 15.5 Å². The van der Waals surface area contributed by atoms with Gasteiger partial charge in [0.1, 0.15) is 12.2 Å². The highest BCUT2D eigenvalue weighted by Gasteiger charge is 2.31. The normalized spacial score (nSPS) is 14.4. The summed E-state index contributed by atoms with van der Waals surface area (Å²) < 4.78 is 10.5. The first-order valence-electron chi connectivity index (χ1n) is 9.49. The second kappa shape index (κ2) is 10.2. The van der Waals surface area contributed by atoms with Crippen LogP contribution in [-0.4, -0.2) is 54.9 Å². The number of hydrogen-bond acceptors (Lipinski definition) is 5. The molecule has 7 heteroatoms. The van der Waals surface area contributed by atoms with Crippen LogP contribution in [0.15, 0.2) is 30.3 Å². The van der Waals surface area contributed by atoms with Crippen molar-refractivity contribution in [2.45, 2.75) is 51.9 Å². The molecule has 0 spiro atoms. The van der Waals surface area contributed by atoms with Crippen LogP contribution in [0.2, 0.25) is 0 Å². The molecule has 0 atom stereocenters. The van der Waals surface area contributed by atoms with Gasteiger partial charge in [-0.05, 0) is 45.7 Å². The van der Waals surface area contributed by atoms with Gasteiger partial charge in [0.25, 0.3) is 0 Å². The molecule has 1 heterocycles. The van der Waals surface area contributed by atoms with Gasteiger partial charge in [-0.1, -0.05) is 30.3 Å². The van der Waals surface area contributed by atoms with Gasteiger partial charge in [0.2, 0.25) is 0 Å². The Morgan fingerprint density at radius 3 is 2.44 bits per heavy atom. The second-order valence-electron chi connectivity index (χ2n) is 7.73. The predicted octanol–water partition coefficient (Wildman–Crippen LogP) is 2.90. The topological polar surface area (TPSA) is 79.9 Å². The van der Waals surface area contributed by atoms with Gasteiger partial charge < -0.3 is 25.0 Å². The summed E-state index contributed by atoms with van der Waals surface area (Å²) in [6.45, 7) is 8.63. The maximum absolute atomic E-state index is 11.9. The number of likely N-dealkylation sites (tertiary alicyclic amines) is 1. The molecule has 1 aromatic carbocycles. The third kappa shape index (κ3) is 8.30. The molecule has 7 nitrogen and oxygen atoms in total. The molecule has 2 rings (SSSR count). The van der Waals surface area contributed by atoms with Crippen LogP contribution in [0.4, 0.5) is 9.59 Å². The summed E-state index contributed by atoms with van der Waals surface area (Å²) in [7, 11) is 0. The van der Waals surface area contributed by atoms with Gasteiger partial charge in [-0.3, -0.25) is 0 Å². The molecule has 0 saturated carbocycles. The number of amides is 2. The number of unbranched alkanes of at least 4 members (excludes halogenated alkanes) is 1. The van der Waals surface area contributed by atoms with E-state index in [2.05, 4.69) is 10.6 Å². The molecule has 0 unspecified atom stereocenters. The van der Waals surface area contributed by atoms with Gasteiger partial charge in [-0.15, -0.1) is 0 Å². The van der Waals surface area contributed by atoms with Gasteiger partial charge in [-0.2, -0.15) is 0 Å². The van der Waals surface area contributed by atoms with Crippen molar-refractivity contribution in [2.24, 2.45) is 0 Å². The van der Waals surface area contributed by atoms with E-state index in [1.807, 2.05) is 51.1 Å². The lowest BCUT2D eigenvalue weighted by Crippen LogP contribution is -2.60. The number of carbonyl (C=O) groups is 2. The molecule has 2 amide bonds. The van der Waals surface area contributed by atoms with Gasteiger partial charge >= 0.3 is 12.2 Å². The van der Waals surface area contributed by atoms with Crippen molar-refractivity contribution in [3.8, 4) is 0 Å². The first-order chi connectivity index (χ1) is 12.8. The first-order valence-corrected chi connectivity index (χ1v) is 9.49. The Bertz CT molecular complexity index is 595. The number of rotatable bonds is 8. The van der Waals surface area contributed by atoms with E-state index in [4.69, 9.17) is 9.47 Å². The van der Waals surface area contributed by atoms with Crippen LogP contribution >= 0.6 is 0 Å². The lowest BCUT2D eigenvalue weighted by Gasteiger charge is -2.38. The van der Waals surface area contributed by atoms with Crippen LogP contribution in [0.1, 0.15) is 39.2 Å². The highest BCUT2D eigenvalue weighted by molar-refractivity contribution is 5.69. The van der Waals surface area contributed by atoms with Crippen molar-refractivity contribution >= 4 is 12.2 Å². The highest BCUT2D eigenvalue weighted by Crippen LogP contribution is 2.11. The van der Waals surface area contributed by atoms with E-state index in [9.17, 15) is 9.59 Å². The summed E-state index contributed by atoms with van der Waals surface area (Å²) in [5.41, 5.74) is 0.519. The van der Waals surface area contributed by atoms with Gasteiger partial charge in [0, 0.05) is 25.7 Å². The molecule has 1 fully saturated rings. The molecule has 1 aliphatic heterocycles. The van der Waals surface area contributed by atoms with Crippen LogP contribution in [-0.2, 0) is 16.1 Å². The van der Waals surface area contributed by atoms with Crippen LogP contribution in [0.5, 0.6) is 0 Å². The molecule has 0 aliphatic carbocycles. The zero-order valence-corrected chi connectivity index (χ0v) is 16.5. The minimum absolute atomic E-state index is 0.265. The van der Waals surface area contributed by atoms with Crippen molar-refractivity contribution in [3.05, 3.63) is 35.9 Å². The summed E-state index contributed by atoms with van der Waals surface area (Å²) in [5.74, 6) is 0. The maximum Gasteiger partial charge on any atom is 0.410 e. The summed E-state index contributed by atoms with van der Waals surface area (Å²) >= 11 is 0. The number of benzene rings is 1. The molecular weight excluding hydrogens is 346 g/mol. The number of nitrogens with zero attached hydrogens (tertiary/aromatic N) is 1. The zero-order chi connectivity index (χ0) is 19.7. The molecule has 1 saturated heterocycles. The predicted molar refractivity (Wildman–Crippen MR) is 103 cm³/mol. The average molecular weight is 377 g/mol. The summed E-state index contributed by atoms with van der Waals surface area (Å²) in [4.78, 5) is 25.1. The minimum atomic E-state index is -0.468. The number of nitrogens with one attached hydrogen (secondary N) is 2. The lowest BCUT2D eigenvalue weighted by molar-refractivity contribution is 0.0527. The molecule has 2 N–H and O–H groups in total. The lowest BCUT2D eigenvalue weighted by atomic mass is 10.1. The number of ether oxygens (including phenoxy) is 2. The Morgan fingerprint density at radius 1 is 1.11 bits per heavy atom. The molecule has 1 aliphatic rings. The Morgan fingerprint density at radius 2 is 1.78 bits per heavy atom. The van der Waals surface area contributed by atoms with Gasteiger partial charge in [0.05, 0.1) is 0 Å². The third-order valence-corrected chi connectivity index (χ3v) is 4.05. The maximum atomic E-state index is 11.9. The van der Waals surface area contributed by atoms with Crippen molar-refractivity contribution in [2.75, 3.05) is 26.2 Å². The van der Waals surface area contributed by atoms with Crippen molar-refractivity contribution in [1.29, 1.82) is 0 Å². The van der Waals surface area contributed by atoms with E-state index < -0.39 is 5.60 Å². The van der Waals surface area contributed by atoms with Gasteiger partial charge in [0.15, 0.2) is 0 Å². The Labute approximate surface area is 161 Å². The van der Waals surface area contributed by atoms with Crippen molar-refractivity contribution < 1.29 is 19.1 Å². The van der Waals surface area contributed by atoms with E-state index in [-0.39, 0.29) is 12.2 Å². The second-order valence-corrected chi connectivity index (χ2v) is 7.73. The van der Waals surface area contributed by atoms with Crippen LogP contribution in [0, 0.1) is 0 Å². The fourth-order valence-corrected chi connectivity index (χ4v) is 2.63. The fourth-order valence-electron chi connectivity index (χ4n) is 2.63. The van der Waals surface area contributed by atoms with E-state index in [0.29, 0.717) is 32.3 Å². The van der Waals surface area contributed by atoms with E-state index in [1.165, 1.54) is 0 Å². The quantitative estimate of drug-likeness (QED) is 0.681. The molecule has 0 aromatic heterocycles. The third-order valence-electron chi connectivity index (χ3n) is 4.05. The summed E-state index contributed by atoms with van der Waals surface area (Å²) in [5, 5.41) is 6.16. The van der Waals surface area contributed by atoms with E-state index in [1.54, 1.807) is 4.90 Å². The van der Waals surface area contributed by atoms with Crippen LogP contribution in [0.25, 0.3) is 0 Å². The number of carbonyl (C=O) groups excluding carboxylic acids is 2. The Hall–Kier alpha value is -2.28. The molecular formula is C20H31N3O4. The molecule has 150 valence electrons. The molecule has 0 radical (unpaired) electrons. The molecule has 0 bridgehead atoms. The SMILES string of the molecule is CC(C)(C)OC(=O)NCCCCNC1CN(C(=O)OCc2ccccc2)C1. The van der Waals surface area contributed by atoms with E-state index >= 15 is 0 Å². The van der Waals surface area contributed by atoms with Gasteiger partial charge in [-0.25, -0.2) is 9.59 Å². The van der Waals surface area contributed by atoms with Crippen LogP contribution < -0.4 is 10.6 Å². The fraction of sp³-hybridized carbons (Fsp3) is 0.600. The standard InChI is InChI=1S/C20H31N3O4/c1-20(2,3)27-18(24)22-12-8-7-11-21-17-13-23(14-17)19(25)26-15-16-9-5-4-6-10-16/h4-6,9-10,17,21H,7-8,11-15H2,1-3H3,(H,22,24). The Kier molecular flexibility index (Phi) is 7.91. The number of alkyl carbamates (subject to hydrolysis) is 1. The highest BCUT2D eigenvalue weighted by atomic mass is 16.6. The monoisotopic (exact) mass is 377 g/mol. The summed E-state index contributed by atoms with van der Waals surface area (Å²) in [6, 6.07) is 9.97. The Balaban J connectivity index is 1.45. The van der Waals surface area contributed by atoms with Crippen LogP contribution in [0.3, 0.4) is 0 Å². The summed E-state index contributed by atoms with van der Waals surface area (Å²) in [6.07, 6.45) is 1.18. The number of hydrogen-bond donors (Lipinski definition) is 2. The smallest absolute Gasteiger partial charge is 0.410 e. The van der Waals surface area contributed by atoms with E-state index in [0.717, 1.165) is 24.9 Å².